The summed E-state index contributed by atoms with van der Waals surface area (Å²) in [6.07, 6.45) is 0. The highest BCUT2D eigenvalue weighted by molar-refractivity contribution is 6.50. The van der Waals surface area contributed by atoms with Crippen LogP contribution in [-0.2, 0) is 4.80 Å². The lowest BCUT2D eigenvalue weighted by molar-refractivity contribution is 0.442. The van der Waals surface area contributed by atoms with Gasteiger partial charge in [0.25, 0.3) is 0 Å². The standard InChI is InChI=1S/C9H13OSi/c1-8(11(2)10)9-6-4-3-5-7-9/h3-8,11H,1-2H3. The van der Waals surface area contributed by atoms with Gasteiger partial charge < -0.3 is 4.80 Å². The Morgan fingerprint density at radius 3 is 2.27 bits per heavy atom. The summed E-state index contributed by atoms with van der Waals surface area (Å²) in [5.74, 6) is 0. The van der Waals surface area contributed by atoms with Crippen molar-refractivity contribution in [2.24, 2.45) is 0 Å². The molecular formula is C9H13OSi. The Morgan fingerprint density at radius 2 is 1.82 bits per heavy atom. The van der Waals surface area contributed by atoms with Gasteiger partial charge in [-0.05, 0) is 12.1 Å². The summed E-state index contributed by atoms with van der Waals surface area (Å²) in [6.45, 7) is 3.87. The number of hydrogen-bond acceptors (Lipinski definition) is 0. The zero-order valence-corrected chi connectivity index (χ0v) is 8.10. The number of benzene rings is 1. The summed E-state index contributed by atoms with van der Waals surface area (Å²) in [6, 6.07) is 10.0. The third kappa shape index (κ3) is 2.17. The fourth-order valence-corrected chi connectivity index (χ4v) is 1.79. The van der Waals surface area contributed by atoms with Gasteiger partial charge >= 0.3 is 0 Å². The summed E-state index contributed by atoms with van der Waals surface area (Å²) >= 11 is 0. The van der Waals surface area contributed by atoms with Gasteiger partial charge in [0.1, 0.15) is 0 Å². The third-order valence-corrected chi connectivity index (χ3v) is 3.82. The molecule has 0 aromatic heterocycles. The summed E-state index contributed by atoms with van der Waals surface area (Å²) in [7, 11) is -1.74. The molecule has 59 valence electrons. The van der Waals surface area contributed by atoms with E-state index in [1.54, 1.807) is 0 Å². The molecule has 2 atom stereocenters. The molecule has 0 fully saturated rings. The van der Waals surface area contributed by atoms with E-state index in [9.17, 15) is 4.80 Å². The van der Waals surface area contributed by atoms with E-state index in [0.29, 0.717) is 0 Å². The van der Waals surface area contributed by atoms with Gasteiger partial charge in [0.05, 0.1) is 0 Å². The fourth-order valence-electron chi connectivity index (χ4n) is 1.03. The summed E-state index contributed by atoms with van der Waals surface area (Å²) in [5, 5.41) is 0. The van der Waals surface area contributed by atoms with Crippen LogP contribution in [0.25, 0.3) is 0 Å². The van der Waals surface area contributed by atoms with Gasteiger partial charge in [-0.15, -0.1) is 0 Å². The first-order valence-corrected chi connectivity index (χ1v) is 6.22. The molecule has 0 bridgehead atoms. The lowest BCUT2D eigenvalue weighted by atomic mass is 10.2. The topological polar surface area (TPSA) is 19.9 Å². The summed E-state index contributed by atoms with van der Waals surface area (Å²) < 4.78 is 0. The first-order chi connectivity index (χ1) is 5.22. The maximum Gasteiger partial charge on any atom is 0.226 e. The van der Waals surface area contributed by atoms with Crippen LogP contribution in [0.3, 0.4) is 0 Å². The van der Waals surface area contributed by atoms with Crippen molar-refractivity contribution in [2.75, 3.05) is 0 Å². The molecule has 0 heterocycles. The molecule has 0 aliphatic carbocycles. The monoisotopic (exact) mass is 165 g/mol. The molecule has 0 amide bonds. The van der Waals surface area contributed by atoms with Crippen molar-refractivity contribution in [1.82, 2.24) is 0 Å². The predicted octanol–water partition coefficient (Wildman–Crippen LogP) is 2.11. The summed E-state index contributed by atoms with van der Waals surface area (Å²) in [4.78, 5) is 11.2. The molecule has 1 radical (unpaired) electrons. The maximum atomic E-state index is 11.2. The Kier molecular flexibility index (Phi) is 2.85. The predicted molar refractivity (Wildman–Crippen MR) is 48.6 cm³/mol. The van der Waals surface area contributed by atoms with Crippen LogP contribution in [0.4, 0.5) is 0 Å². The van der Waals surface area contributed by atoms with E-state index in [1.165, 1.54) is 5.56 Å². The molecule has 0 saturated carbocycles. The van der Waals surface area contributed by atoms with Crippen LogP contribution in [-0.4, -0.2) is 9.04 Å². The second-order valence-corrected chi connectivity index (χ2v) is 5.31. The lowest BCUT2D eigenvalue weighted by Gasteiger charge is -2.10. The van der Waals surface area contributed by atoms with Gasteiger partial charge in [0.2, 0.25) is 9.04 Å². The molecular weight excluding hydrogens is 152 g/mol. The average Bonchev–Trinajstić information content (AvgIpc) is 2.05. The molecule has 0 aliphatic rings. The molecule has 0 spiro atoms. The average molecular weight is 165 g/mol. The summed E-state index contributed by atoms with van der Waals surface area (Å²) in [5.41, 5.74) is 1.46. The Morgan fingerprint density at radius 1 is 1.27 bits per heavy atom. The van der Waals surface area contributed by atoms with Crippen LogP contribution in [0.15, 0.2) is 30.3 Å². The molecule has 2 unspecified atom stereocenters. The van der Waals surface area contributed by atoms with Crippen molar-refractivity contribution in [2.45, 2.75) is 19.0 Å². The van der Waals surface area contributed by atoms with Crippen LogP contribution in [0.5, 0.6) is 0 Å². The highest BCUT2D eigenvalue weighted by Crippen LogP contribution is 2.16. The molecule has 0 aliphatic heterocycles. The van der Waals surface area contributed by atoms with Crippen molar-refractivity contribution in [3.05, 3.63) is 35.9 Å². The normalized spacial score (nSPS) is 15.9. The largest absolute Gasteiger partial charge is 0.301 e. The van der Waals surface area contributed by atoms with E-state index >= 15 is 0 Å². The van der Waals surface area contributed by atoms with Crippen LogP contribution in [0.2, 0.25) is 6.55 Å². The van der Waals surface area contributed by atoms with Gasteiger partial charge in [-0.3, -0.25) is 0 Å². The van der Waals surface area contributed by atoms with E-state index < -0.39 is 9.04 Å². The van der Waals surface area contributed by atoms with Crippen LogP contribution < -0.4 is 0 Å². The Hall–Kier alpha value is -0.603. The minimum Gasteiger partial charge on any atom is -0.301 e. The second-order valence-electron chi connectivity index (χ2n) is 2.90. The van der Waals surface area contributed by atoms with Gasteiger partial charge in [0, 0.05) is 5.54 Å². The Labute approximate surface area is 69.4 Å². The molecule has 1 nitrogen and oxygen atoms in total. The first-order valence-electron chi connectivity index (χ1n) is 3.92. The van der Waals surface area contributed by atoms with Crippen LogP contribution in [0.1, 0.15) is 18.0 Å². The third-order valence-electron chi connectivity index (χ3n) is 2.03. The number of rotatable bonds is 2. The van der Waals surface area contributed by atoms with E-state index in [4.69, 9.17) is 0 Å². The van der Waals surface area contributed by atoms with Crippen molar-refractivity contribution < 1.29 is 4.80 Å². The van der Waals surface area contributed by atoms with E-state index in [0.717, 1.165) is 0 Å². The van der Waals surface area contributed by atoms with Crippen molar-refractivity contribution in [3.8, 4) is 0 Å². The van der Waals surface area contributed by atoms with E-state index in [-0.39, 0.29) is 5.54 Å². The van der Waals surface area contributed by atoms with Crippen LogP contribution >= 0.6 is 0 Å². The van der Waals surface area contributed by atoms with Crippen LogP contribution in [0, 0.1) is 0 Å². The molecule has 1 rings (SSSR count). The Bertz CT molecular complexity index is 208. The smallest absolute Gasteiger partial charge is 0.226 e. The zero-order valence-electron chi connectivity index (χ0n) is 6.95. The minimum absolute atomic E-state index is 0.260. The van der Waals surface area contributed by atoms with Gasteiger partial charge in [-0.2, -0.15) is 0 Å². The fraction of sp³-hybridized carbons (Fsp3) is 0.333. The van der Waals surface area contributed by atoms with E-state index in [1.807, 2.05) is 43.8 Å². The Balaban J connectivity index is 2.77. The van der Waals surface area contributed by atoms with Gasteiger partial charge in [-0.25, -0.2) is 0 Å². The second kappa shape index (κ2) is 3.69. The van der Waals surface area contributed by atoms with Crippen molar-refractivity contribution in [3.63, 3.8) is 0 Å². The highest BCUT2D eigenvalue weighted by Gasteiger charge is 2.13. The molecule has 1 aromatic rings. The molecule has 0 N–H and O–H groups in total. The molecule has 0 saturated heterocycles. The molecule has 11 heavy (non-hydrogen) atoms. The van der Waals surface area contributed by atoms with Gasteiger partial charge in [0.15, 0.2) is 0 Å². The maximum absolute atomic E-state index is 11.2. The number of hydrogen-bond donors (Lipinski definition) is 0. The minimum atomic E-state index is -1.74. The van der Waals surface area contributed by atoms with E-state index in [2.05, 4.69) is 0 Å². The SMILES string of the molecule is CC(c1ccccc1)[SiH](C)[O]. The highest BCUT2D eigenvalue weighted by atomic mass is 28.3. The van der Waals surface area contributed by atoms with Crippen molar-refractivity contribution in [1.29, 1.82) is 0 Å². The van der Waals surface area contributed by atoms with Gasteiger partial charge in [-0.1, -0.05) is 37.3 Å². The quantitative estimate of drug-likeness (QED) is 0.598. The van der Waals surface area contributed by atoms with Crippen molar-refractivity contribution >= 4 is 9.04 Å². The zero-order chi connectivity index (χ0) is 8.27. The molecule has 2 heteroatoms. The first kappa shape index (κ1) is 8.49. The molecule has 1 aromatic carbocycles. The lowest BCUT2D eigenvalue weighted by Crippen LogP contribution is -2.14.